The van der Waals surface area contributed by atoms with Gasteiger partial charge in [0, 0.05) is 6.08 Å². The van der Waals surface area contributed by atoms with Crippen LogP contribution in [-0.2, 0) is 11.2 Å². The van der Waals surface area contributed by atoms with E-state index in [1.165, 1.54) is 17.2 Å². The average Bonchev–Trinajstić information content (AvgIpc) is 2.46. The zero-order valence-electron chi connectivity index (χ0n) is 11.8. The molecule has 2 heteroatoms. The predicted molar refractivity (Wildman–Crippen MR) is 82.7 cm³/mol. The first-order valence-corrected chi connectivity index (χ1v) is 6.72. The van der Waals surface area contributed by atoms with E-state index in [0.29, 0.717) is 0 Å². The first-order chi connectivity index (χ1) is 9.63. The van der Waals surface area contributed by atoms with Gasteiger partial charge in [0.15, 0.2) is 0 Å². The highest BCUT2D eigenvalue weighted by atomic mass is 16.4. The van der Waals surface area contributed by atoms with Crippen molar-refractivity contribution in [2.75, 3.05) is 0 Å². The number of carbonyl (C=O) groups is 1. The Morgan fingerprint density at radius 1 is 1.15 bits per heavy atom. The molecular formula is C18H18O2. The smallest absolute Gasteiger partial charge is 0.328 e. The zero-order chi connectivity index (χ0) is 14.5. The van der Waals surface area contributed by atoms with E-state index in [9.17, 15) is 4.79 Å². The third kappa shape index (κ3) is 2.97. The molecule has 0 aliphatic rings. The molecule has 0 heterocycles. The molecule has 0 fully saturated rings. The molecule has 0 spiro atoms. The van der Waals surface area contributed by atoms with Gasteiger partial charge in [-0.1, -0.05) is 49.4 Å². The predicted octanol–water partition coefficient (Wildman–Crippen LogP) is 4.32. The van der Waals surface area contributed by atoms with E-state index >= 15 is 0 Å². The molecule has 0 radical (unpaired) electrons. The van der Waals surface area contributed by atoms with Crippen molar-refractivity contribution in [2.45, 2.75) is 20.3 Å². The number of aliphatic carboxylic acids is 1. The number of carboxylic acids is 1. The number of benzene rings is 2. The summed E-state index contributed by atoms with van der Waals surface area (Å²) in [7, 11) is 0. The van der Waals surface area contributed by atoms with Crippen molar-refractivity contribution in [3.05, 3.63) is 65.2 Å². The molecule has 0 aliphatic heterocycles. The summed E-state index contributed by atoms with van der Waals surface area (Å²) < 4.78 is 0. The second-order valence-electron chi connectivity index (χ2n) is 4.71. The van der Waals surface area contributed by atoms with Crippen molar-refractivity contribution in [1.82, 2.24) is 0 Å². The normalized spacial score (nSPS) is 10.9. The van der Waals surface area contributed by atoms with Crippen molar-refractivity contribution in [3.63, 3.8) is 0 Å². The van der Waals surface area contributed by atoms with Gasteiger partial charge in [-0.25, -0.2) is 4.79 Å². The van der Waals surface area contributed by atoms with E-state index in [2.05, 4.69) is 32.0 Å². The Kier molecular flexibility index (Phi) is 4.36. The Hall–Kier alpha value is -2.35. The van der Waals surface area contributed by atoms with E-state index in [1.54, 1.807) is 6.08 Å². The van der Waals surface area contributed by atoms with Gasteiger partial charge < -0.3 is 5.11 Å². The SMILES string of the molecule is CCc1ccc(C=CC(=O)O)c(-c2ccccc2)c1C. The summed E-state index contributed by atoms with van der Waals surface area (Å²) in [5.41, 5.74) is 5.67. The molecule has 102 valence electrons. The maximum absolute atomic E-state index is 10.7. The van der Waals surface area contributed by atoms with Crippen molar-refractivity contribution in [2.24, 2.45) is 0 Å². The number of hydrogen-bond donors (Lipinski definition) is 1. The second-order valence-corrected chi connectivity index (χ2v) is 4.71. The first-order valence-electron chi connectivity index (χ1n) is 6.72. The molecule has 2 nitrogen and oxygen atoms in total. The number of aryl methyl sites for hydroxylation is 1. The molecule has 2 rings (SSSR count). The Balaban J connectivity index is 2.64. The Morgan fingerprint density at radius 3 is 2.45 bits per heavy atom. The van der Waals surface area contributed by atoms with E-state index in [-0.39, 0.29) is 0 Å². The highest BCUT2D eigenvalue weighted by Gasteiger charge is 2.09. The standard InChI is InChI=1S/C18H18O2/c1-3-14-9-10-16(11-12-17(19)20)18(13(14)2)15-7-5-4-6-8-15/h4-12H,3H2,1-2H3,(H,19,20). The highest BCUT2D eigenvalue weighted by Crippen LogP contribution is 2.30. The summed E-state index contributed by atoms with van der Waals surface area (Å²) in [6, 6.07) is 14.2. The van der Waals surface area contributed by atoms with Gasteiger partial charge in [0.25, 0.3) is 0 Å². The quantitative estimate of drug-likeness (QED) is 0.837. The first kappa shape index (κ1) is 14.1. The van der Waals surface area contributed by atoms with Crippen LogP contribution in [0.15, 0.2) is 48.5 Å². The van der Waals surface area contributed by atoms with Crippen molar-refractivity contribution in [3.8, 4) is 11.1 Å². The van der Waals surface area contributed by atoms with Gasteiger partial charge in [-0.05, 0) is 47.2 Å². The number of carboxylic acid groups (broad SMARTS) is 1. The molecule has 1 N–H and O–H groups in total. The fourth-order valence-electron chi connectivity index (χ4n) is 2.45. The summed E-state index contributed by atoms with van der Waals surface area (Å²) in [4.78, 5) is 10.7. The number of rotatable bonds is 4. The van der Waals surface area contributed by atoms with Gasteiger partial charge in [0.1, 0.15) is 0 Å². The van der Waals surface area contributed by atoms with Gasteiger partial charge >= 0.3 is 5.97 Å². The molecule has 0 saturated carbocycles. The van der Waals surface area contributed by atoms with Crippen molar-refractivity contribution in [1.29, 1.82) is 0 Å². The molecule has 0 atom stereocenters. The van der Waals surface area contributed by atoms with Gasteiger partial charge in [0.05, 0.1) is 0 Å². The van der Waals surface area contributed by atoms with Crippen molar-refractivity contribution >= 4 is 12.0 Å². The summed E-state index contributed by atoms with van der Waals surface area (Å²) in [5, 5.41) is 8.82. The summed E-state index contributed by atoms with van der Waals surface area (Å²) in [6.07, 6.45) is 3.82. The molecule has 0 unspecified atom stereocenters. The largest absolute Gasteiger partial charge is 0.478 e. The lowest BCUT2D eigenvalue weighted by Gasteiger charge is -2.14. The lowest BCUT2D eigenvalue weighted by atomic mass is 9.90. The molecule has 0 aromatic heterocycles. The van der Waals surface area contributed by atoms with Crippen LogP contribution in [0.2, 0.25) is 0 Å². The monoisotopic (exact) mass is 266 g/mol. The number of hydrogen-bond acceptors (Lipinski definition) is 1. The van der Waals surface area contributed by atoms with Crippen LogP contribution in [0.3, 0.4) is 0 Å². The lowest BCUT2D eigenvalue weighted by Crippen LogP contribution is -1.95. The summed E-state index contributed by atoms with van der Waals surface area (Å²) >= 11 is 0. The van der Waals surface area contributed by atoms with Gasteiger partial charge in [-0.2, -0.15) is 0 Å². The lowest BCUT2D eigenvalue weighted by molar-refractivity contribution is -0.131. The molecule has 0 bridgehead atoms. The molecule has 2 aromatic rings. The van der Waals surface area contributed by atoms with E-state index in [1.807, 2.05) is 24.3 Å². The van der Waals surface area contributed by atoms with Crippen LogP contribution in [-0.4, -0.2) is 11.1 Å². The Morgan fingerprint density at radius 2 is 1.85 bits per heavy atom. The Bertz CT molecular complexity index is 640. The van der Waals surface area contributed by atoms with Crippen LogP contribution in [0.1, 0.15) is 23.6 Å². The average molecular weight is 266 g/mol. The summed E-state index contributed by atoms with van der Waals surface area (Å²) in [5.74, 6) is -0.929. The van der Waals surface area contributed by atoms with Crippen LogP contribution in [0, 0.1) is 6.92 Å². The fraction of sp³-hybridized carbons (Fsp3) is 0.167. The maximum atomic E-state index is 10.7. The van der Waals surface area contributed by atoms with Crippen LogP contribution < -0.4 is 0 Å². The minimum Gasteiger partial charge on any atom is -0.478 e. The van der Waals surface area contributed by atoms with Crippen LogP contribution in [0.4, 0.5) is 0 Å². The van der Waals surface area contributed by atoms with Gasteiger partial charge in [-0.3, -0.25) is 0 Å². The molecule has 2 aromatic carbocycles. The minimum atomic E-state index is -0.929. The summed E-state index contributed by atoms with van der Waals surface area (Å²) in [6.45, 7) is 4.23. The molecule has 20 heavy (non-hydrogen) atoms. The topological polar surface area (TPSA) is 37.3 Å². The van der Waals surface area contributed by atoms with Gasteiger partial charge in [0.2, 0.25) is 0 Å². The second kappa shape index (κ2) is 6.20. The van der Waals surface area contributed by atoms with Crippen LogP contribution in [0.25, 0.3) is 17.2 Å². The Labute approximate surface area is 119 Å². The van der Waals surface area contributed by atoms with Crippen LogP contribution in [0.5, 0.6) is 0 Å². The molecule has 0 aliphatic carbocycles. The van der Waals surface area contributed by atoms with E-state index < -0.39 is 5.97 Å². The fourth-order valence-corrected chi connectivity index (χ4v) is 2.45. The van der Waals surface area contributed by atoms with Gasteiger partial charge in [-0.15, -0.1) is 0 Å². The third-order valence-corrected chi connectivity index (χ3v) is 3.46. The molecular weight excluding hydrogens is 248 g/mol. The molecule has 0 amide bonds. The third-order valence-electron chi connectivity index (χ3n) is 3.46. The minimum absolute atomic E-state index is 0.929. The van der Waals surface area contributed by atoms with Crippen molar-refractivity contribution < 1.29 is 9.90 Å². The zero-order valence-corrected chi connectivity index (χ0v) is 11.8. The maximum Gasteiger partial charge on any atom is 0.328 e. The van der Waals surface area contributed by atoms with E-state index in [4.69, 9.17) is 5.11 Å². The van der Waals surface area contributed by atoms with Crippen LogP contribution >= 0.6 is 0 Å². The molecule has 0 saturated heterocycles. The van der Waals surface area contributed by atoms with E-state index in [0.717, 1.165) is 23.1 Å². The highest BCUT2D eigenvalue weighted by molar-refractivity contribution is 5.88.